The zero-order chi connectivity index (χ0) is 14.5. The average molecular weight is 257 g/mol. The van der Waals surface area contributed by atoms with Gasteiger partial charge in [0.2, 0.25) is 0 Å². The number of carbonyl (C=O) groups excluding carboxylic acids is 1. The Morgan fingerprint density at radius 3 is 2.53 bits per heavy atom. The summed E-state index contributed by atoms with van der Waals surface area (Å²) in [5.41, 5.74) is 2.02. The number of allylic oxidation sites excluding steroid dienone is 1. The molecule has 0 heterocycles. The summed E-state index contributed by atoms with van der Waals surface area (Å²) in [5.74, 6) is 0. The van der Waals surface area contributed by atoms with Crippen LogP contribution in [0.3, 0.4) is 0 Å². The van der Waals surface area contributed by atoms with Gasteiger partial charge in [0.05, 0.1) is 11.3 Å². The summed E-state index contributed by atoms with van der Waals surface area (Å²) >= 11 is 0. The van der Waals surface area contributed by atoms with Crippen LogP contribution >= 0.6 is 0 Å². The van der Waals surface area contributed by atoms with Crippen LogP contribution in [0.4, 0.5) is 10.5 Å². The molecular formula is C15H19N3O. The van der Waals surface area contributed by atoms with Gasteiger partial charge in [-0.25, -0.2) is 4.79 Å². The Kier molecular flexibility index (Phi) is 4.71. The van der Waals surface area contributed by atoms with Gasteiger partial charge < -0.3 is 10.6 Å². The van der Waals surface area contributed by atoms with E-state index in [4.69, 9.17) is 5.26 Å². The fourth-order valence-corrected chi connectivity index (χ4v) is 1.24. The Morgan fingerprint density at radius 2 is 1.95 bits per heavy atom. The molecule has 0 spiro atoms. The van der Waals surface area contributed by atoms with Crippen LogP contribution in [0.5, 0.6) is 0 Å². The molecule has 0 saturated heterocycles. The SMILES string of the molecule is C/C(=C\NC(=O)Nc1ccccc1C#N)C(C)(C)C. The van der Waals surface area contributed by atoms with Crippen molar-refractivity contribution in [1.82, 2.24) is 5.32 Å². The first-order valence-electron chi connectivity index (χ1n) is 6.08. The molecule has 0 bridgehead atoms. The Labute approximate surface area is 114 Å². The first-order chi connectivity index (χ1) is 8.84. The van der Waals surface area contributed by atoms with E-state index < -0.39 is 0 Å². The lowest BCUT2D eigenvalue weighted by atomic mass is 9.88. The molecule has 0 atom stereocenters. The highest BCUT2D eigenvalue weighted by Crippen LogP contribution is 2.23. The summed E-state index contributed by atoms with van der Waals surface area (Å²) in [6.45, 7) is 8.18. The number of rotatable bonds is 2. The van der Waals surface area contributed by atoms with Crippen LogP contribution in [0, 0.1) is 16.7 Å². The minimum Gasteiger partial charge on any atom is -0.314 e. The van der Waals surface area contributed by atoms with E-state index >= 15 is 0 Å². The molecule has 0 radical (unpaired) electrons. The molecule has 0 saturated carbocycles. The lowest BCUT2D eigenvalue weighted by molar-refractivity contribution is 0.255. The second-order valence-corrected chi connectivity index (χ2v) is 5.33. The Balaban J connectivity index is 2.70. The molecule has 2 amide bonds. The van der Waals surface area contributed by atoms with Crippen LogP contribution < -0.4 is 10.6 Å². The Bertz CT molecular complexity index is 533. The van der Waals surface area contributed by atoms with Gasteiger partial charge in [0.1, 0.15) is 6.07 Å². The molecule has 4 heteroatoms. The third-order valence-corrected chi connectivity index (χ3v) is 2.90. The first-order valence-corrected chi connectivity index (χ1v) is 6.08. The lowest BCUT2D eigenvalue weighted by Crippen LogP contribution is -2.25. The molecule has 0 fully saturated rings. The maximum atomic E-state index is 11.7. The van der Waals surface area contributed by atoms with Gasteiger partial charge in [-0.05, 0) is 24.5 Å². The lowest BCUT2D eigenvalue weighted by Gasteiger charge is -2.19. The fourth-order valence-electron chi connectivity index (χ4n) is 1.24. The van der Waals surface area contributed by atoms with Crippen molar-refractivity contribution in [3.05, 3.63) is 41.6 Å². The number of hydrogen-bond acceptors (Lipinski definition) is 2. The van der Waals surface area contributed by atoms with Crippen LogP contribution in [0.2, 0.25) is 0 Å². The van der Waals surface area contributed by atoms with Gasteiger partial charge in [-0.2, -0.15) is 5.26 Å². The third kappa shape index (κ3) is 4.47. The van der Waals surface area contributed by atoms with Crippen molar-refractivity contribution in [2.24, 2.45) is 5.41 Å². The van der Waals surface area contributed by atoms with Crippen molar-refractivity contribution < 1.29 is 4.79 Å². The molecule has 100 valence electrons. The van der Waals surface area contributed by atoms with Crippen molar-refractivity contribution in [3.63, 3.8) is 0 Å². The number of anilines is 1. The van der Waals surface area contributed by atoms with E-state index in [1.807, 2.05) is 13.0 Å². The summed E-state index contributed by atoms with van der Waals surface area (Å²) in [6, 6.07) is 8.55. The van der Waals surface area contributed by atoms with Crippen molar-refractivity contribution in [2.75, 3.05) is 5.32 Å². The fraction of sp³-hybridized carbons (Fsp3) is 0.333. The predicted molar refractivity (Wildman–Crippen MR) is 76.5 cm³/mol. The van der Waals surface area contributed by atoms with Crippen molar-refractivity contribution in [3.8, 4) is 6.07 Å². The molecule has 0 aliphatic rings. The summed E-state index contributed by atoms with van der Waals surface area (Å²) in [5, 5.41) is 14.2. The van der Waals surface area contributed by atoms with E-state index in [1.165, 1.54) is 0 Å². The van der Waals surface area contributed by atoms with Gasteiger partial charge in [0.25, 0.3) is 0 Å². The van der Waals surface area contributed by atoms with Gasteiger partial charge in [-0.1, -0.05) is 38.5 Å². The third-order valence-electron chi connectivity index (χ3n) is 2.90. The van der Waals surface area contributed by atoms with E-state index in [1.54, 1.807) is 30.5 Å². The molecule has 4 nitrogen and oxygen atoms in total. The second kappa shape index (κ2) is 6.05. The highest BCUT2D eigenvalue weighted by molar-refractivity contribution is 5.91. The van der Waals surface area contributed by atoms with E-state index in [0.29, 0.717) is 11.3 Å². The largest absolute Gasteiger partial charge is 0.323 e. The van der Waals surface area contributed by atoms with Crippen LogP contribution in [0.25, 0.3) is 0 Å². The molecule has 0 aliphatic carbocycles. The molecular weight excluding hydrogens is 238 g/mol. The molecule has 0 aliphatic heterocycles. The zero-order valence-corrected chi connectivity index (χ0v) is 11.7. The number of carbonyl (C=O) groups is 1. The highest BCUT2D eigenvalue weighted by Gasteiger charge is 2.12. The predicted octanol–water partition coefficient (Wildman–Crippen LogP) is 3.63. The number of hydrogen-bond donors (Lipinski definition) is 2. The maximum Gasteiger partial charge on any atom is 0.323 e. The number of nitrogens with zero attached hydrogens (tertiary/aromatic N) is 1. The molecule has 1 aromatic carbocycles. The van der Waals surface area contributed by atoms with Crippen LogP contribution in [0.15, 0.2) is 36.0 Å². The topological polar surface area (TPSA) is 64.9 Å². The molecule has 1 aromatic rings. The first kappa shape index (κ1) is 14.8. The molecule has 2 N–H and O–H groups in total. The van der Waals surface area contributed by atoms with Gasteiger partial charge in [-0.15, -0.1) is 0 Å². The normalized spacial score (nSPS) is 11.6. The Morgan fingerprint density at radius 1 is 1.32 bits per heavy atom. The van der Waals surface area contributed by atoms with Crippen LogP contribution in [0.1, 0.15) is 33.3 Å². The summed E-state index contributed by atoms with van der Waals surface area (Å²) < 4.78 is 0. The number of benzene rings is 1. The van der Waals surface area contributed by atoms with E-state index in [2.05, 4.69) is 31.4 Å². The highest BCUT2D eigenvalue weighted by atomic mass is 16.2. The van der Waals surface area contributed by atoms with Crippen LogP contribution in [-0.4, -0.2) is 6.03 Å². The van der Waals surface area contributed by atoms with Gasteiger partial charge in [0.15, 0.2) is 0 Å². The maximum absolute atomic E-state index is 11.7. The number of nitriles is 1. The molecule has 0 unspecified atom stereocenters. The second-order valence-electron chi connectivity index (χ2n) is 5.33. The standard InChI is InChI=1S/C15H19N3O/c1-11(15(2,3)4)10-17-14(19)18-13-8-6-5-7-12(13)9-16/h5-8,10H,1-4H3,(H2,17,18,19)/b11-10+. The number of nitrogens with one attached hydrogen (secondary N) is 2. The minimum absolute atomic E-state index is 0.0117. The average Bonchev–Trinajstić information content (AvgIpc) is 2.35. The quantitative estimate of drug-likeness (QED) is 0.849. The van der Waals surface area contributed by atoms with E-state index in [9.17, 15) is 4.79 Å². The van der Waals surface area contributed by atoms with E-state index in [0.717, 1.165) is 5.57 Å². The van der Waals surface area contributed by atoms with Crippen molar-refractivity contribution in [1.29, 1.82) is 5.26 Å². The monoisotopic (exact) mass is 257 g/mol. The molecule has 1 rings (SSSR count). The van der Waals surface area contributed by atoms with Crippen molar-refractivity contribution >= 4 is 11.7 Å². The van der Waals surface area contributed by atoms with Gasteiger partial charge >= 0.3 is 6.03 Å². The number of amides is 2. The van der Waals surface area contributed by atoms with Crippen LogP contribution in [-0.2, 0) is 0 Å². The smallest absolute Gasteiger partial charge is 0.314 e. The summed E-state index contributed by atoms with van der Waals surface area (Å²) in [7, 11) is 0. The summed E-state index contributed by atoms with van der Waals surface area (Å²) in [6.07, 6.45) is 1.68. The number of urea groups is 1. The Hall–Kier alpha value is -2.28. The van der Waals surface area contributed by atoms with Gasteiger partial charge in [0, 0.05) is 6.20 Å². The van der Waals surface area contributed by atoms with Crippen molar-refractivity contribution in [2.45, 2.75) is 27.7 Å². The zero-order valence-electron chi connectivity index (χ0n) is 11.7. The van der Waals surface area contributed by atoms with Gasteiger partial charge in [-0.3, -0.25) is 0 Å². The summed E-state index contributed by atoms with van der Waals surface area (Å²) in [4.78, 5) is 11.7. The molecule has 19 heavy (non-hydrogen) atoms. The molecule has 0 aromatic heterocycles. The minimum atomic E-state index is -0.355. The van der Waals surface area contributed by atoms with E-state index in [-0.39, 0.29) is 11.4 Å². The number of para-hydroxylation sites is 1.